The van der Waals surface area contributed by atoms with Crippen LogP contribution in [0, 0.1) is 0 Å². The molecule has 1 aromatic heterocycles. The van der Waals surface area contributed by atoms with Gasteiger partial charge in [-0.3, -0.25) is 4.90 Å². The number of rotatable bonds is 3. The first kappa shape index (κ1) is 16.9. The number of carbonyl (C=O) groups is 1. The molecule has 0 aromatic carbocycles. The van der Waals surface area contributed by atoms with E-state index in [0.29, 0.717) is 6.54 Å². The van der Waals surface area contributed by atoms with E-state index >= 15 is 0 Å². The molecule has 0 saturated heterocycles. The first-order chi connectivity index (χ1) is 12.8. The minimum Gasteiger partial charge on any atom is -0.370 e. The molecular formula is C21H26N4O. The molecule has 0 bridgehead atoms. The van der Waals surface area contributed by atoms with Crippen LogP contribution >= 0.6 is 0 Å². The number of amides is 2. The van der Waals surface area contributed by atoms with Crippen LogP contribution in [0.2, 0.25) is 0 Å². The number of aromatic nitrogens is 1. The number of carbonyl (C=O) groups excluding carboxylic acids is 1. The van der Waals surface area contributed by atoms with Crippen molar-refractivity contribution in [2.45, 2.75) is 38.5 Å². The Hall–Kier alpha value is -2.56. The van der Waals surface area contributed by atoms with Crippen LogP contribution in [-0.2, 0) is 12.8 Å². The monoisotopic (exact) mass is 350 g/mol. The van der Waals surface area contributed by atoms with Crippen molar-refractivity contribution in [3.63, 3.8) is 0 Å². The Balaban J connectivity index is 1.35. The van der Waals surface area contributed by atoms with Crippen LogP contribution in [0.3, 0.4) is 0 Å². The molecule has 4 rings (SSSR count). The number of hydrogen-bond acceptors (Lipinski definition) is 3. The lowest BCUT2D eigenvalue weighted by Crippen LogP contribution is -2.42. The molecule has 1 aromatic rings. The summed E-state index contributed by atoms with van der Waals surface area (Å²) in [4.78, 5) is 19.3. The van der Waals surface area contributed by atoms with Gasteiger partial charge in [-0.25, -0.2) is 9.78 Å². The number of anilines is 1. The zero-order valence-electron chi connectivity index (χ0n) is 15.1. The second kappa shape index (κ2) is 7.77. The van der Waals surface area contributed by atoms with Crippen molar-refractivity contribution in [2.75, 3.05) is 25.0 Å². The van der Waals surface area contributed by atoms with Gasteiger partial charge in [0.15, 0.2) is 0 Å². The molecule has 0 fully saturated rings. The molecule has 3 aliphatic rings. The standard InChI is InChI=1S/C21H26N4O/c26-21(25-15-5-8-16-6-2-1-3-9-19(16)25)23-14-12-18-11-10-17-7-4-13-22-20(17)24-18/h1-3,6,10-11H,4-5,7-9,12-15H2,(H,22,24)(H,23,26). The highest BCUT2D eigenvalue weighted by Gasteiger charge is 2.23. The van der Waals surface area contributed by atoms with E-state index in [1.807, 2.05) is 4.90 Å². The van der Waals surface area contributed by atoms with E-state index in [-0.39, 0.29) is 6.03 Å². The Morgan fingerprint density at radius 3 is 3.15 bits per heavy atom. The highest BCUT2D eigenvalue weighted by Crippen LogP contribution is 2.27. The molecule has 136 valence electrons. The summed E-state index contributed by atoms with van der Waals surface area (Å²) in [6.45, 7) is 2.40. The Labute approximate surface area is 154 Å². The number of hydrogen-bond donors (Lipinski definition) is 2. The number of nitrogens with zero attached hydrogens (tertiary/aromatic N) is 2. The first-order valence-corrected chi connectivity index (χ1v) is 9.64. The third-order valence-corrected chi connectivity index (χ3v) is 5.23. The van der Waals surface area contributed by atoms with Crippen molar-refractivity contribution in [3.05, 3.63) is 59.0 Å². The molecule has 0 radical (unpaired) electrons. The van der Waals surface area contributed by atoms with Crippen molar-refractivity contribution >= 4 is 11.8 Å². The predicted molar refractivity (Wildman–Crippen MR) is 104 cm³/mol. The van der Waals surface area contributed by atoms with Crippen LogP contribution in [0.4, 0.5) is 10.6 Å². The highest BCUT2D eigenvalue weighted by molar-refractivity contribution is 5.77. The van der Waals surface area contributed by atoms with Gasteiger partial charge >= 0.3 is 6.03 Å². The Morgan fingerprint density at radius 1 is 1.23 bits per heavy atom. The van der Waals surface area contributed by atoms with E-state index in [0.717, 1.165) is 62.4 Å². The average Bonchev–Trinajstić information content (AvgIpc) is 2.93. The lowest BCUT2D eigenvalue weighted by Gasteiger charge is -2.31. The third-order valence-electron chi connectivity index (χ3n) is 5.23. The minimum atomic E-state index is 0.0111. The van der Waals surface area contributed by atoms with E-state index in [4.69, 9.17) is 4.98 Å². The quantitative estimate of drug-likeness (QED) is 0.876. The number of fused-ring (bicyclic) bond motifs is 1. The maximum Gasteiger partial charge on any atom is 0.321 e. The van der Waals surface area contributed by atoms with Gasteiger partial charge in [-0.2, -0.15) is 0 Å². The van der Waals surface area contributed by atoms with Crippen LogP contribution in [0.25, 0.3) is 0 Å². The number of pyridine rings is 1. The topological polar surface area (TPSA) is 57.3 Å². The predicted octanol–water partition coefficient (Wildman–Crippen LogP) is 3.56. The van der Waals surface area contributed by atoms with Crippen molar-refractivity contribution in [3.8, 4) is 0 Å². The number of nitrogens with one attached hydrogen (secondary N) is 2. The summed E-state index contributed by atoms with van der Waals surface area (Å²) in [5.41, 5.74) is 4.76. The summed E-state index contributed by atoms with van der Waals surface area (Å²) < 4.78 is 0. The molecule has 2 amide bonds. The Bertz CT molecular complexity index is 778. The van der Waals surface area contributed by atoms with Crippen molar-refractivity contribution in [2.24, 2.45) is 0 Å². The SMILES string of the molecule is O=C(NCCc1ccc2c(n1)NCCC2)N1CCCC2=C1CC=CC=C2. The molecule has 5 heteroatoms. The molecule has 5 nitrogen and oxygen atoms in total. The fraction of sp³-hybridized carbons (Fsp3) is 0.429. The van der Waals surface area contributed by atoms with Gasteiger partial charge in [0.2, 0.25) is 0 Å². The van der Waals surface area contributed by atoms with Gasteiger partial charge in [0.1, 0.15) is 5.82 Å². The van der Waals surface area contributed by atoms with E-state index in [1.54, 1.807) is 0 Å². The van der Waals surface area contributed by atoms with Gasteiger partial charge in [0.05, 0.1) is 0 Å². The van der Waals surface area contributed by atoms with Gasteiger partial charge in [-0.1, -0.05) is 30.4 Å². The molecule has 3 heterocycles. The molecule has 0 saturated carbocycles. The van der Waals surface area contributed by atoms with Crippen molar-refractivity contribution in [1.29, 1.82) is 0 Å². The van der Waals surface area contributed by atoms with Crippen LogP contribution in [0.15, 0.2) is 47.7 Å². The molecule has 2 aliphatic heterocycles. The summed E-state index contributed by atoms with van der Waals surface area (Å²) in [5.74, 6) is 1.02. The summed E-state index contributed by atoms with van der Waals surface area (Å²) in [6.07, 6.45) is 14.3. The van der Waals surface area contributed by atoms with E-state index in [1.165, 1.54) is 17.6 Å². The normalized spacial score (nSPS) is 18.7. The van der Waals surface area contributed by atoms with E-state index < -0.39 is 0 Å². The third kappa shape index (κ3) is 3.66. The number of allylic oxidation sites excluding steroid dienone is 5. The van der Waals surface area contributed by atoms with Crippen molar-refractivity contribution < 1.29 is 4.79 Å². The van der Waals surface area contributed by atoms with Gasteiger partial charge in [0, 0.05) is 43.9 Å². The second-order valence-electron chi connectivity index (χ2n) is 7.04. The largest absolute Gasteiger partial charge is 0.370 e. The maximum absolute atomic E-state index is 12.7. The smallest absolute Gasteiger partial charge is 0.321 e. The number of urea groups is 1. The van der Waals surface area contributed by atoms with E-state index in [9.17, 15) is 4.79 Å². The molecule has 1 aliphatic carbocycles. The lowest BCUT2D eigenvalue weighted by molar-refractivity contribution is 0.207. The van der Waals surface area contributed by atoms with E-state index in [2.05, 4.69) is 47.1 Å². The molecule has 0 atom stereocenters. The molecule has 2 N–H and O–H groups in total. The van der Waals surface area contributed by atoms with Gasteiger partial charge < -0.3 is 10.6 Å². The van der Waals surface area contributed by atoms with Gasteiger partial charge in [-0.15, -0.1) is 0 Å². The fourth-order valence-corrected chi connectivity index (χ4v) is 3.86. The molecular weight excluding hydrogens is 324 g/mol. The fourth-order valence-electron chi connectivity index (χ4n) is 3.86. The zero-order chi connectivity index (χ0) is 17.8. The summed E-state index contributed by atoms with van der Waals surface area (Å²) in [5, 5.41) is 6.44. The second-order valence-corrected chi connectivity index (χ2v) is 7.04. The van der Waals surface area contributed by atoms with Crippen LogP contribution in [0.5, 0.6) is 0 Å². The van der Waals surface area contributed by atoms with Crippen molar-refractivity contribution in [1.82, 2.24) is 15.2 Å². The molecule has 0 spiro atoms. The summed E-state index contributed by atoms with van der Waals surface area (Å²) in [6, 6.07) is 4.26. The Kier molecular flexibility index (Phi) is 5.04. The number of aryl methyl sites for hydroxylation is 1. The first-order valence-electron chi connectivity index (χ1n) is 9.64. The highest BCUT2D eigenvalue weighted by atomic mass is 16.2. The molecule has 0 unspecified atom stereocenters. The average molecular weight is 350 g/mol. The minimum absolute atomic E-state index is 0.0111. The van der Waals surface area contributed by atoms with Gasteiger partial charge in [-0.05, 0) is 42.9 Å². The van der Waals surface area contributed by atoms with Crippen LogP contribution in [-0.4, -0.2) is 35.5 Å². The maximum atomic E-state index is 12.7. The Morgan fingerprint density at radius 2 is 2.19 bits per heavy atom. The zero-order valence-corrected chi connectivity index (χ0v) is 15.1. The van der Waals surface area contributed by atoms with Crippen LogP contribution in [0.1, 0.15) is 36.9 Å². The van der Waals surface area contributed by atoms with Crippen LogP contribution < -0.4 is 10.6 Å². The molecule has 26 heavy (non-hydrogen) atoms. The summed E-state index contributed by atoms with van der Waals surface area (Å²) in [7, 11) is 0. The summed E-state index contributed by atoms with van der Waals surface area (Å²) >= 11 is 0. The van der Waals surface area contributed by atoms with Gasteiger partial charge in [0.25, 0.3) is 0 Å². The lowest BCUT2D eigenvalue weighted by atomic mass is 10.0.